The molecule has 1 aromatic heterocycles. The standard InChI is InChI=1S/C24H25N3O6/c28-22(10-5-11-27-17-6-1-2-7-18(17)33-24(27)30)25-12-14-26(15-13-25)23(29)21-16-31-19-8-3-4-9-20(19)32-21/h1-4,6-9,21H,5,10-16H2/t21-/m0/s1. The maximum absolute atomic E-state index is 12.9. The van der Waals surface area contributed by atoms with Crippen LogP contribution in [-0.2, 0) is 16.1 Å². The largest absolute Gasteiger partial charge is 0.485 e. The van der Waals surface area contributed by atoms with E-state index in [1.54, 1.807) is 26.5 Å². The Morgan fingerprint density at radius 2 is 1.61 bits per heavy atom. The first-order chi connectivity index (χ1) is 16.1. The molecule has 172 valence electrons. The highest BCUT2D eigenvalue weighted by molar-refractivity contribution is 5.82. The molecular weight excluding hydrogens is 426 g/mol. The van der Waals surface area contributed by atoms with Crippen molar-refractivity contribution >= 4 is 22.9 Å². The van der Waals surface area contributed by atoms with Crippen LogP contribution < -0.4 is 15.2 Å². The van der Waals surface area contributed by atoms with Gasteiger partial charge in [0, 0.05) is 39.1 Å². The fourth-order valence-corrected chi connectivity index (χ4v) is 4.29. The molecule has 0 radical (unpaired) electrons. The predicted molar refractivity (Wildman–Crippen MR) is 119 cm³/mol. The van der Waals surface area contributed by atoms with Crippen LogP contribution in [0.15, 0.2) is 57.7 Å². The summed E-state index contributed by atoms with van der Waals surface area (Å²) in [5, 5.41) is 0. The summed E-state index contributed by atoms with van der Waals surface area (Å²) in [7, 11) is 0. The van der Waals surface area contributed by atoms with Crippen LogP contribution in [0, 0.1) is 0 Å². The number of amides is 2. The van der Waals surface area contributed by atoms with Crippen LogP contribution in [0.4, 0.5) is 0 Å². The van der Waals surface area contributed by atoms with E-state index in [4.69, 9.17) is 13.9 Å². The second kappa shape index (κ2) is 9.01. The normalized spacial score (nSPS) is 17.9. The second-order valence-electron chi connectivity index (χ2n) is 8.16. The van der Waals surface area contributed by atoms with Gasteiger partial charge in [0.2, 0.25) is 12.0 Å². The smallest absolute Gasteiger partial charge is 0.419 e. The first kappa shape index (κ1) is 21.1. The molecule has 3 heterocycles. The Hall–Kier alpha value is -3.75. The zero-order valence-corrected chi connectivity index (χ0v) is 18.1. The number of hydrogen-bond donors (Lipinski definition) is 0. The maximum Gasteiger partial charge on any atom is 0.419 e. The molecule has 1 saturated heterocycles. The van der Waals surface area contributed by atoms with E-state index in [1.807, 2.05) is 36.4 Å². The van der Waals surface area contributed by atoms with Gasteiger partial charge in [-0.05, 0) is 30.7 Å². The number of rotatable bonds is 5. The first-order valence-corrected chi connectivity index (χ1v) is 11.1. The molecule has 0 bridgehead atoms. The number of aryl methyl sites for hydroxylation is 1. The third-order valence-corrected chi connectivity index (χ3v) is 6.07. The van der Waals surface area contributed by atoms with Crippen molar-refractivity contribution in [1.82, 2.24) is 14.4 Å². The van der Waals surface area contributed by atoms with Gasteiger partial charge in [-0.2, -0.15) is 0 Å². The molecule has 2 aliphatic heterocycles. The van der Waals surface area contributed by atoms with Crippen LogP contribution >= 0.6 is 0 Å². The predicted octanol–water partition coefficient (Wildman–Crippen LogP) is 1.89. The SMILES string of the molecule is O=C(CCCn1c(=O)oc2ccccc21)N1CCN(C(=O)[C@@H]2COc3ccccc3O2)CC1. The van der Waals surface area contributed by atoms with Gasteiger partial charge in [-0.1, -0.05) is 24.3 Å². The molecule has 0 aliphatic carbocycles. The number of piperazine rings is 1. The topological polar surface area (TPSA) is 94.2 Å². The third kappa shape index (κ3) is 4.30. The van der Waals surface area contributed by atoms with Crippen LogP contribution in [0.2, 0.25) is 0 Å². The summed E-state index contributed by atoms with van der Waals surface area (Å²) in [6.45, 7) is 2.46. The minimum Gasteiger partial charge on any atom is -0.485 e. The molecule has 0 saturated carbocycles. The number of carbonyl (C=O) groups is 2. The summed E-state index contributed by atoms with van der Waals surface area (Å²) in [4.78, 5) is 41.1. The zero-order chi connectivity index (χ0) is 22.8. The monoisotopic (exact) mass is 451 g/mol. The number of benzene rings is 2. The van der Waals surface area contributed by atoms with Gasteiger partial charge in [0.1, 0.15) is 6.61 Å². The summed E-state index contributed by atoms with van der Waals surface area (Å²) in [6, 6.07) is 14.5. The van der Waals surface area contributed by atoms with Crippen molar-refractivity contribution < 1.29 is 23.5 Å². The van der Waals surface area contributed by atoms with Crippen LogP contribution in [0.5, 0.6) is 11.5 Å². The highest BCUT2D eigenvalue weighted by Gasteiger charge is 2.33. The van der Waals surface area contributed by atoms with Crippen molar-refractivity contribution in [2.24, 2.45) is 0 Å². The van der Waals surface area contributed by atoms with Crippen LogP contribution in [0.1, 0.15) is 12.8 Å². The number of nitrogens with zero attached hydrogens (tertiary/aromatic N) is 3. The van der Waals surface area contributed by atoms with Crippen LogP contribution in [-0.4, -0.2) is 65.1 Å². The minimum atomic E-state index is -0.676. The molecule has 33 heavy (non-hydrogen) atoms. The van der Waals surface area contributed by atoms with E-state index < -0.39 is 11.9 Å². The lowest BCUT2D eigenvalue weighted by atomic mass is 10.2. The Morgan fingerprint density at radius 1 is 0.909 bits per heavy atom. The van der Waals surface area contributed by atoms with E-state index in [2.05, 4.69) is 0 Å². The Labute approximate surface area is 190 Å². The van der Waals surface area contributed by atoms with E-state index in [9.17, 15) is 14.4 Å². The Morgan fingerprint density at radius 3 is 2.42 bits per heavy atom. The highest BCUT2D eigenvalue weighted by atomic mass is 16.6. The van der Waals surface area contributed by atoms with Gasteiger partial charge < -0.3 is 23.7 Å². The van der Waals surface area contributed by atoms with Crippen molar-refractivity contribution in [1.29, 1.82) is 0 Å². The van der Waals surface area contributed by atoms with Crippen molar-refractivity contribution in [2.75, 3.05) is 32.8 Å². The Bertz CT molecular complexity index is 1220. The molecule has 1 fully saturated rings. The number of hydrogen-bond acceptors (Lipinski definition) is 6. The van der Waals surface area contributed by atoms with Crippen LogP contribution in [0.3, 0.4) is 0 Å². The summed E-state index contributed by atoms with van der Waals surface area (Å²) in [5.41, 5.74) is 1.28. The van der Waals surface area contributed by atoms with Gasteiger partial charge >= 0.3 is 5.76 Å². The molecule has 0 N–H and O–H groups in total. The van der Waals surface area contributed by atoms with E-state index in [0.29, 0.717) is 62.6 Å². The van der Waals surface area contributed by atoms with Crippen molar-refractivity contribution in [2.45, 2.75) is 25.5 Å². The fourth-order valence-electron chi connectivity index (χ4n) is 4.29. The number of carbonyl (C=O) groups excluding carboxylic acids is 2. The van der Waals surface area contributed by atoms with Gasteiger partial charge in [-0.15, -0.1) is 0 Å². The van der Waals surface area contributed by atoms with Gasteiger partial charge in [0.25, 0.3) is 5.91 Å². The molecule has 2 aromatic carbocycles. The lowest BCUT2D eigenvalue weighted by Gasteiger charge is -2.37. The van der Waals surface area contributed by atoms with Gasteiger partial charge in [-0.25, -0.2) is 4.79 Å². The van der Waals surface area contributed by atoms with Crippen molar-refractivity contribution in [3.8, 4) is 11.5 Å². The van der Waals surface area contributed by atoms with E-state index in [1.165, 1.54) is 0 Å². The Kier molecular flexibility index (Phi) is 5.77. The first-order valence-electron chi connectivity index (χ1n) is 11.1. The molecular formula is C24H25N3O6. The van der Waals surface area contributed by atoms with E-state index in [0.717, 1.165) is 5.52 Å². The molecule has 0 unspecified atom stereocenters. The summed E-state index contributed by atoms with van der Waals surface area (Å²) < 4.78 is 18.3. The average molecular weight is 451 g/mol. The number of para-hydroxylation sites is 4. The van der Waals surface area contributed by atoms with Crippen molar-refractivity contribution in [3.05, 3.63) is 59.1 Å². The molecule has 5 rings (SSSR count). The third-order valence-electron chi connectivity index (χ3n) is 6.07. The van der Waals surface area contributed by atoms with Gasteiger partial charge in [0.15, 0.2) is 17.1 Å². The number of oxazole rings is 1. The molecule has 9 heteroatoms. The molecule has 0 spiro atoms. The zero-order valence-electron chi connectivity index (χ0n) is 18.1. The number of fused-ring (bicyclic) bond motifs is 2. The summed E-state index contributed by atoms with van der Waals surface area (Å²) in [6.07, 6.45) is 0.190. The van der Waals surface area contributed by atoms with Crippen LogP contribution in [0.25, 0.3) is 11.1 Å². The lowest BCUT2D eigenvalue weighted by molar-refractivity contribution is -0.146. The van der Waals surface area contributed by atoms with E-state index in [-0.39, 0.29) is 18.4 Å². The molecule has 3 aromatic rings. The number of aromatic nitrogens is 1. The molecule has 9 nitrogen and oxygen atoms in total. The number of ether oxygens (including phenoxy) is 2. The van der Waals surface area contributed by atoms with Gasteiger partial charge in [0.05, 0.1) is 5.52 Å². The molecule has 2 amide bonds. The maximum atomic E-state index is 12.9. The van der Waals surface area contributed by atoms with Crippen molar-refractivity contribution in [3.63, 3.8) is 0 Å². The Balaban J connectivity index is 1.10. The molecule has 2 aliphatic rings. The second-order valence-corrected chi connectivity index (χ2v) is 8.16. The molecule has 1 atom stereocenters. The summed E-state index contributed by atoms with van der Waals surface area (Å²) in [5.74, 6) is 0.701. The lowest BCUT2D eigenvalue weighted by Crippen LogP contribution is -2.55. The average Bonchev–Trinajstić information content (AvgIpc) is 3.18. The summed E-state index contributed by atoms with van der Waals surface area (Å²) >= 11 is 0. The van der Waals surface area contributed by atoms with Gasteiger partial charge in [-0.3, -0.25) is 14.2 Å². The highest BCUT2D eigenvalue weighted by Crippen LogP contribution is 2.31. The van der Waals surface area contributed by atoms with E-state index >= 15 is 0 Å². The quantitative estimate of drug-likeness (QED) is 0.588. The minimum absolute atomic E-state index is 0.0223. The fraction of sp³-hybridized carbons (Fsp3) is 0.375.